The third-order valence-electron chi connectivity index (χ3n) is 3.61. The molecule has 4 rings (SSSR count). The number of hydrogen-bond donors (Lipinski definition) is 1. The molecule has 2 aromatic carbocycles. The molecular weight excluding hydrogens is 260 g/mol. The molecule has 1 aromatic heterocycles. The van der Waals surface area contributed by atoms with Gasteiger partial charge < -0.3 is 5.32 Å². The van der Waals surface area contributed by atoms with Crippen molar-refractivity contribution in [3.05, 3.63) is 84.2 Å². The molecule has 0 bridgehead atoms. The Balaban J connectivity index is 1.84. The minimum Gasteiger partial charge on any atom is -0.344 e. The van der Waals surface area contributed by atoms with Gasteiger partial charge in [-0.15, -0.1) is 0 Å². The van der Waals surface area contributed by atoms with Gasteiger partial charge >= 0.3 is 0 Å². The van der Waals surface area contributed by atoms with Crippen molar-refractivity contribution < 1.29 is 0 Å². The summed E-state index contributed by atoms with van der Waals surface area (Å²) in [6, 6.07) is 20.7. The summed E-state index contributed by atoms with van der Waals surface area (Å²) in [5.41, 5.74) is 3.39. The van der Waals surface area contributed by atoms with Gasteiger partial charge in [0.2, 0.25) is 5.95 Å². The molecule has 1 aliphatic rings. The van der Waals surface area contributed by atoms with Crippen molar-refractivity contribution in [3.63, 3.8) is 0 Å². The average molecular weight is 274 g/mol. The maximum absolute atomic E-state index is 4.32. The van der Waals surface area contributed by atoms with E-state index in [9.17, 15) is 0 Å². The zero-order valence-electron chi connectivity index (χ0n) is 11.3. The largest absolute Gasteiger partial charge is 0.344 e. The molecule has 0 aliphatic carbocycles. The van der Waals surface area contributed by atoms with Crippen molar-refractivity contribution in [2.24, 2.45) is 0 Å². The minimum absolute atomic E-state index is 0.0955. The van der Waals surface area contributed by atoms with Gasteiger partial charge in [-0.05, 0) is 11.6 Å². The molecule has 4 heteroatoms. The van der Waals surface area contributed by atoms with Crippen LogP contribution in [0.2, 0.25) is 0 Å². The lowest BCUT2D eigenvalue weighted by Gasteiger charge is -2.24. The van der Waals surface area contributed by atoms with Gasteiger partial charge in [-0.2, -0.15) is 14.8 Å². The van der Waals surface area contributed by atoms with Crippen LogP contribution in [-0.4, -0.2) is 14.8 Å². The number of hydrogen-bond acceptors (Lipinski definition) is 3. The third kappa shape index (κ3) is 2.10. The summed E-state index contributed by atoms with van der Waals surface area (Å²) in [6.07, 6.45) is 3.76. The lowest BCUT2D eigenvalue weighted by molar-refractivity contribution is 0.828. The van der Waals surface area contributed by atoms with E-state index in [1.54, 1.807) is 6.33 Å². The Bertz CT molecular complexity index is 775. The van der Waals surface area contributed by atoms with Crippen LogP contribution in [-0.2, 0) is 0 Å². The Morgan fingerprint density at radius 3 is 2.38 bits per heavy atom. The van der Waals surface area contributed by atoms with E-state index in [-0.39, 0.29) is 6.04 Å². The van der Waals surface area contributed by atoms with E-state index in [0.717, 1.165) is 17.2 Å². The second-order valence-electron chi connectivity index (χ2n) is 4.95. The number of benzene rings is 2. The summed E-state index contributed by atoms with van der Waals surface area (Å²) in [6.45, 7) is 0. The molecule has 4 nitrogen and oxygen atoms in total. The van der Waals surface area contributed by atoms with Crippen LogP contribution >= 0.6 is 0 Å². The average Bonchev–Trinajstić information content (AvgIpc) is 3.04. The van der Waals surface area contributed by atoms with Gasteiger partial charge in [0, 0.05) is 5.56 Å². The third-order valence-corrected chi connectivity index (χ3v) is 3.61. The van der Waals surface area contributed by atoms with E-state index in [2.05, 4.69) is 45.7 Å². The highest BCUT2D eigenvalue weighted by Crippen LogP contribution is 2.31. The highest BCUT2D eigenvalue weighted by Gasteiger charge is 2.22. The fraction of sp³-hybridized carbons (Fsp3) is 0.0588. The molecule has 102 valence electrons. The molecular formula is C17H14N4. The Morgan fingerprint density at radius 2 is 1.62 bits per heavy atom. The van der Waals surface area contributed by atoms with Crippen molar-refractivity contribution in [2.45, 2.75) is 6.04 Å². The lowest BCUT2D eigenvalue weighted by atomic mass is 10.0. The van der Waals surface area contributed by atoms with Gasteiger partial charge in [0.1, 0.15) is 6.33 Å². The number of anilines is 1. The summed E-state index contributed by atoms with van der Waals surface area (Å²) < 4.78 is 1.84. The summed E-state index contributed by atoms with van der Waals surface area (Å²) in [5, 5.41) is 7.72. The summed E-state index contributed by atoms with van der Waals surface area (Å²) >= 11 is 0. The van der Waals surface area contributed by atoms with Gasteiger partial charge in [0.05, 0.1) is 11.7 Å². The first-order valence-electron chi connectivity index (χ1n) is 6.91. The van der Waals surface area contributed by atoms with Crippen LogP contribution in [0.4, 0.5) is 5.95 Å². The molecule has 3 aromatic rings. The molecule has 0 unspecified atom stereocenters. The minimum atomic E-state index is 0.0955. The van der Waals surface area contributed by atoms with E-state index in [0.29, 0.717) is 0 Å². The van der Waals surface area contributed by atoms with Crippen LogP contribution in [0.25, 0.3) is 5.70 Å². The monoisotopic (exact) mass is 274 g/mol. The Labute approximate surface area is 122 Å². The van der Waals surface area contributed by atoms with Gasteiger partial charge in [-0.25, -0.2) is 0 Å². The van der Waals surface area contributed by atoms with E-state index >= 15 is 0 Å². The first-order valence-corrected chi connectivity index (χ1v) is 6.91. The predicted octanol–water partition coefficient (Wildman–Crippen LogP) is 3.33. The Kier molecular flexibility index (Phi) is 2.78. The molecule has 1 N–H and O–H groups in total. The number of rotatable bonds is 2. The second-order valence-corrected chi connectivity index (χ2v) is 4.95. The molecule has 0 radical (unpaired) electrons. The van der Waals surface area contributed by atoms with Crippen molar-refractivity contribution in [1.82, 2.24) is 14.8 Å². The molecule has 21 heavy (non-hydrogen) atoms. The second kappa shape index (κ2) is 4.90. The van der Waals surface area contributed by atoms with Gasteiger partial charge in [0.15, 0.2) is 0 Å². The predicted molar refractivity (Wildman–Crippen MR) is 82.6 cm³/mol. The topological polar surface area (TPSA) is 42.7 Å². The standard InChI is InChI=1S/C17H14N4/c1-3-7-13(8-4-1)15-11-16(14-9-5-2-6-10-14)21-17(20-15)18-12-19-21/h1-12,15H,(H,18,19,20)/t15-/m1/s1. The van der Waals surface area contributed by atoms with Crippen molar-refractivity contribution in [2.75, 3.05) is 5.32 Å². The Morgan fingerprint density at radius 1 is 0.905 bits per heavy atom. The van der Waals surface area contributed by atoms with Crippen LogP contribution in [0, 0.1) is 0 Å². The Hall–Kier alpha value is -2.88. The first kappa shape index (κ1) is 11.9. The molecule has 0 amide bonds. The number of nitrogens with zero attached hydrogens (tertiary/aromatic N) is 3. The maximum atomic E-state index is 4.32. The maximum Gasteiger partial charge on any atom is 0.226 e. The van der Waals surface area contributed by atoms with Crippen LogP contribution in [0.1, 0.15) is 17.2 Å². The normalized spacial score (nSPS) is 16.8. The summed E-state index contributed by atoms with van der Waals surface area (Å²) in [4.78, 5) is 4.31. The van der Waals surface area contributed by atoms with Crippen LogP contribution < -0.4 is 5.32 Å². The molecule has 1 aliphatic heterocycles. The molecule has 0 saturated carbocycles. The smallest absolute Gasteiger partial charge is 0.226 e. The van der Waals surface area contributed by atoms with Crippen molar-refractivity contribution in [3.8, 4) is 0 Å². The highest BCUT2D eigenvalue weighted by molar-refractivity contribution is 5.71. The zero-order chi connectivity index (χ0) is 14.1. The quantitative estimate of drug-likeness (QED) is 0.779. The first-order chi connectivity index (χ1) is 10.4. The van der Waals surface area contributed by atoms with Crippen LogP contribution in [0.3, 0.4) is 0 Å². The van der Waals surface area contributed by atoms with Crippen LogP contribution in [0.5, 0.6) is 0 Å². The molecule has 0 saturated heterocycles. The number of aromatic nitrogens is 3. The van der Waals surface area contributed by atoms with Gasteiger partial charge in [0.25, 0.3) is 0 Å². The van der Waals surface area contributed by atoms with E-state index in [1.807, 2.05) is 41.1 Å². The number of fused-ring (bicyclic) bond motifs is 1. The summed E-state index contributed by atoms with van der Waals surface area (Å²) in [5.74, 6) is 0.769. The lowest BCUT2D eigenvalue weighted by Crippen LogP contribution is -2.19. The number of nitrogens with one attached hydrogen (secondary N) is 1. The van der Waals surface area contributed by atoms with E-state index < -0.39 is 0 Å². The van der Waals surface area contributed by atoms with Crippen LogP contribution in [0.15, 0.2) is 73.1 Å². The molecule has 1 atom stereocenters. The molecule has 2 heterocycles. The molecule has 0 spiro atoms. The van der Waals surface area contributed by atoms with Gasteiger partial charge in [-0.3, -0.25) is 0 Å². The van der Waals surface area contributed by atoms with Gasteiger partial charge in [-0.1, -0.05) is 60.7 Å². The van der Waals surface area contributed by atoms with Crippen molar-refractivity contribution >= 4 is 11.6 Å². The highest BCUT2D eigenvalue weighted by atomic mass is 15.4. The van der Waals surface area contributed by atoms with E-state index in [1.165, 1.54) is 5.56 Å². The zero-order valence-corrected chi connectivity index (χ0v) is 11.3. The van der Waals surface area contributed by atoms with E-state index in [4.69, 9.17) is 0 Å². The fourth-order valence-corrected chi connectivity index (χ4v) is 2.59. The SMILES string of the molecule is C1=C(c2ccccc2)n2ncnc2N[C@H]1c1ccccc1. The fourth-order valence-electron chi connectivity index (χ4n) is 2.59. The molecule has 0 fully saturated rings. The summed E-state index contributed by atoms with van der Waals surface area (Å²) in [7, 11) is 0. The van der Waals surface area contributed by atoms with Crippen molar-refractivity contribution in [1.29, 1.82) is 0 Å².